The average Bonchev–Trinajstić information content (AvgIpc) is 3.05. The Labute approximate surface area is 154 Å². The normalized spacial score (nSPS) is 15.4. The van der Waals surface area contributed by atoms with Crippen LogP contribution in [0.4, 0.5) is 5.82 Å². The number of carbonyl (C=O) groups is 1. The van der Waals surface area contributed by atoms with Crippen molar-refractivity contribution in [1.29, 1.82) is 0 Å². The second-order valence-corrected chi connectivity index (χ2v) is 7.22. The lowest BCUT2D eigenvalue weighted by molar-refractivity contribution is 0.0767. The molecule has 0 N–H and O–H groups in total. The summed E-state index contributed by atoms with van der Waals surface area (Å²) in [5.74, 6) is 1.02. The van der Waals surface area contributed by atoms with E-state index in [-0.39, 0.29) is 5.91 Å². The third-order valence-electron chi connectivity index (χ3n) is 4.43. The van der Waals surface area contributed by atoms with Crippen molar-refractivity contribution in [2.24, 2.45) is 0 Å². The van der Waals surface area contributed by atoms with Crippen molar-refractivity contribution < 1.29 is 4.79 Å². The summed E-state index contributed by atoms with van der Waals surface area (Å²) in [5.41, 5.74) is 1.62. The monoisotopic (exact) mass is 372 g/mol. The third kappa shape index (κ3) is 3.32. The molecule has 0 unspecified atom stereocenters. The highest BCUT2D eigenvalue weighted by atomic mass is 35.5. The van der Waals surface area contributed by atoms with Gasteiger partial charge in [0, 0.05) is 42.0 Å². The Hall–Kier alpha value is -2.18. The standard InChI is InChI=1S/C18H17ClN4OS/c19-14-2-3-15-16(10-14)20-12-21-17(15)22-5-1-6-23(8-7-22)18(24)13-4-9-25-11-13/h2-4,9-12H,1,5-8H2. The molecule has 0 bridgehead atoms. The van der Waals surface area contributed by atoms with Gasteiger partial charge in [-0.3, -0.25) is 4.79 Å². The minimum absolute atomic E-state index is 0.113. The molecule has 7 heteroatoms. The molecule has 5 nitrogen and oxygen atoms in total. The quantitative estimate of drug-likeness (QED) is 0.688. The van der Waals surface area contributed by atoms with Gasteiger partial charge in [0.05, 0.1) is 11.1 Å². The van der Waals surface area contributed by atoms with Crippen molar-refractivity contribution in [1.82, 2.24) is 14.9 Å². The molecule has 2 aromatic heterocycles. The number of hydrogen-bond donors (Lipinski definition) is 0. The van der Waals surface area contributed by atoms with E-state index < -0.39 is 0 Å². The minimum atomic E-state index is 0.113. The predicted octanol–water partition coefficient (Wildman–Crippen LogP) is 3.70. The van der Waals surface area contributed by atoms with Gasteiger partial charge in [0.2, 0.25) is 0 Å². The molecule has 0 radical (unpaired) electrons. The van der Waals surface area contributed by atoms with E-state index in [0.29, 0.717) is 11.6 Å². The Morgan fingerprint density at radius 3 is 2.88 bits per heavy atom. The van der Waals surface area contributed by atoms with E-state index in [2.05, 4.69) is 14.9 Å². The van der Waals surface area contributed by atoms with Crippen LogP contribution < -0.4 is 4.90 Å². The number of amides is 1. The summed E-state index contributed by atoms with van der Waals surface area (Å²) in [6.07, 6.45) is 2.49. The number of hydrogen-bond acceptors (Lipinski definition) is 5. The lowest BCUT2D eigenvalue weighted by atomic mass is 10.2. The van der Waals surface area contributed by atoms with E-state index >= 15 is 0 Å². The first-order valence-electron chi connectivity index (χ1n) is 8.19. The number of rotatable bonds is 2. The van der Waals surface area contributed by atoms with Crippen molar-refractivity contribution in [3.05, 3.63) is 51.9 Å². The third-order valence-corrected chi connectivity index (χ3v) is 5.35. The van der Waals surface area contributed by atoms with Crippen molar-refractivity contribution in [2.75, 3.05) is 31.1 Å². The van der Waals surface area contributed by atoms with Gasteiger partial charge in [-0.2, -0.15) is 11.3 Å². The maximum Gasteiger partial charge on any atom is 0.254 e. The van der Waals surface area contributed by atoms with Gasteiger partial charge in [-0.05, 0) is 36.1 Å². The Balaban J connectivity index is 1.56. The molecule has 3 heterocycles. The van der Waals surface area contributed by atoms with Crippen LogP contribution in [0.1, 0.15) is 16.8 Å². The first kappa shape index (κ1) is 16.3. The summed E-state index contributed by atoms with van der Waals surface area (Å²) in [6, 6.07) is 7.57. The van der Waals surface area contributed by atoms with E-state index in [4.69, 9.17) is 11.6 Å². The summed E-state index contributed by atoms with van der Waals surface area (Å²) in [7, 11) is 0. The van der Waals surface area contributed by atoms with Gasteiger partial charge in [-0.25, -0.2) is 9.97 Å². The van der Waals surface area contributed by atoms with Crippen LogP contribution in [-0.4, -0.2) is 47.0 Å². The fraction of sp³-hybridized carbons (Fsp3) is 0.278. The van der Waals surface area contributed by atoms with Crippen molar-refractivity contribution >= 4 is 45.6 Å². The molecule has 1 aromatic carbocycles. The molecular weight excluding hydrogens is 356 g/mol. The Kier molecular flexibility index (Phi) is 4.55. The summed E-state index contributed by atoms with van der Waals surface area (Å²) < 4.78 is 0. The van der Waals surface area contributed by atoms with Crippen LogP contribution >= 0.6 is 22.9 Å². The molecule has 0 atom stereocenters. The van der Waals surface area contributed by atoms with Gasteiger partial charge in [-0.15, -0.1) is 0 Å². The SMILES string of the molecule is O=C(c1ccsc1)N1CCCN(c2ncnc3cc(Cl)ccc23)CC1. The molecular formula is C18H17ClN4OS. The number of anilines is 1. The molecule has 1 saturated heterocycles. The molecule has 0 aliphatic carbocycles. The van der Waals surface area contributed by atoms with Crippen LogP contribution in [0.2, 0.25) is 5.02 Å². The van der Waals surface area contributed by atoms with Crippen LogP contribution in [0, 0.1) is 0 Å². The topological polar surface area (TPSA) is 49.3 Å². The highest BCUT2D eigenvalue weighted by Gasteiger charge is 2.22. The van der Waals surface area contributed by atoms with E-state index in [1.807, 2.05) is 39.9 Å². The van der Waals surface area contributed by atoms with E-state index in [1.54, 1.807) is 17.7 Å². The summed E-state index contributed by atoms with van der Waals surface area (Å²) >= 11 is 7.62. The molecule has 1 aliphatic heterocycles. The molecule has 0 saturated carbocycles. The van der Waals surface area contributed by atoms with E-state index in [1.165, 1.54) is 0 Å². The second kappa shape index (κ2) is 6.98. The number of aromatic nitrogens is 2. The van der Waals surface area contributed by atoms with Crippen LogP contribution in [-0.2, 0) is 0 Å². The maximum absolute atomic E-state index is 12.6. The van der Waals surface area contributed by atoms with Crippen LogP contribution in [0.3, 0.4) is 0 Å². The highest BCUT2D eigenvalue weighted by molar-refractivity contribution is 7.08. The minimum Gasteiger partial charge on any atom is -0.354 e. The molecule has 1 fully saturated rings. The van der Waals surface area contributed by atoms with Gasteiger partial charge in [-0.1, -0.05) is 11.6 Å². The van der Waals surface area contributed by atoms with Crippen molar-refractivity contribution in [2.45, 2.75) is 6.42 Å². The smallest absolute Gasteiger partial charge is 0.254 e. The number of fused-ring (bicyclic) bond motifs is 1. The van der Waals surface area contributed by atoms with Crippen LogP contribution in [0.15, 0.2) is 41.4 Å². The largest absolute Gasteiger partial charge is 0.354 e. The van der Waals surface area contributed by atoms with Crippen LogP contribution in [0.25, 0.3) is 10.9 Å². The van der Waals surface area contributed by atoms with Crippen molar-refractivity contribution in [3.63, 3.8) is 0 Å². The number of benzene rings is 1. The van der Waals surface area contributed by atoms with Gasteiger partial charge in [0.15, 0.2) is 0 Å². The van der Waals surface area contributed by atoms with Crippen molar-refractivity contribution in [3.8, 4) is 0 Å². The lowest BCUT2D eigenvalue weighted by Crippen LogP contribution is -2.35. The van der Waals surface area contributed by atoms with Gasteiger partial charge >= 0.3 is 0 Å². The summed E-state index contributed by atoms with van der Waals surface area (Å²) in [5, 5.41) is 5.51. The second-order valence-electron chi connectivity index (χ2n) is 6.00. The fourth-order valence-corrected chi connectivity index (χ4v) is 3.97. The zero-order valence-corrected chi connectivity index (χ0v) is 15.1. The number of carbonyl (C=O) groups excluding carboxylic acids is 1. The van der Waals surface area contributed by atoms with Gasteiger partial charge in [0.1, 0.15) is 12.1 Å². The fourth-order valence-electron chi connectivity index (χ4n) is 3.17. The zero-order chi connectivity index (χ0) is 17.2. The Morgan fingerprint density at radius 2 is 2.04 bits per heavy atom. The molecule has 128 valence electrons. The lowest BCUT2D eigenvalue weighted by Gasteiger charge is -2.23. The predicted molar refractivity (Wildman–Crippen MR) is 102 cm³/mol. The average molecular weight is 373 g/mol. The van der Waals surface area contributed by atoms with Crippen LogP contribution in [0.5, 0.6) is 0 Å². The molecule has 1 amide bonds. The maximum atomic E-state index is 12.6. The Bertz CT molecular complexity index is 899. The van der Waals surface area contributed by atoms with Gasteiger partial charge in [0.25, 0.3) is 5.91 Å². The molecule has 25 heavy (non-hydrogen) atoms. The summed E-state index contributed by atoms with van der Waals surface area (Å²) in [6.45, 7) is 3.07. The summed E-state index contributed by atoms with van der Waals surface area (Å²) in [4.78, 5) is 25.6. The highest BCUT2D eigenvalue weighted by Crippen LogP contribution is 2.26. The van der Waals surface area contributed by atoms with Gasteiger partial charge < -0.3 is 9.80 Å². The molecule has 0 spiro atoms. The number of thiophene rings is 1. The zero-order valence-electron chi connectivity index (χ0n) is 13.6. The van der Waals surface area contributed by atoms with E-state index in [9.17, 15) is 4.79 Å². The first-order valence-corrected chi connectivity index (χ1v) is 9.51. The Morgan fingerprint density at radius 1 is 1.12 bits per heavy atom. The molecule has 1 aliphatic rings. The molecule has 3 aromatic rings. The number of nitrogens with zero attached hydrogens (tertiary/aromatic N) is 4. The number of halogens is 1. The first-order chi connectivity index (χ1) is 12.2. The molecule has 4 rings (SSSR count). The van der Waals surface area contributed by atoms with E-state index in [0.717, 1.165) is 48.3 Å².